The standard InChI is InChI=1S/C12H18F2N2O/c1-2-8(3-4-17)7-16-12-6-10(14)9(13)5-11(12)15/h5-6,8,16-17H,2-4,7,15H2,1H3. The molecule has 1 aromatic carbocycles. The summed E-state index contributed by atoms with van der Waals surface area (Å²) in [5, 5.41) is 11.8. The molecular formula is C12H18F2N2O. The Balaban J connectivity index is 2.65. The van der Waals surface area contributed by atoms with Crippen molar-refractivity contribution in [2.24, 2.45) is 5.92 Å². The van der Waals surface area contributed by atoms with Gasteiger partial charge in [-0.3, -0.25) is 0 Å². The molecular weight excluding hydrogens is 226 g/mol. The average molecular weight is 244 g/mol. The van der Waals surface area contributed by atoms with Crippen molar-refractivity contribution in [3.05, 3.63) is 23.8 Å². The van der Waals surface area contributed by atoms with Gasteiger partial charge in [0.1, 0.15) is 0 Å². The first-order valence-electron chi connectivity index (χ1n) is 5.67. The molecule has 0 heterocycles. The third-order valence-corrected chi connectivity index (χ3v) is 2.79. The maximum atomic E-state index is 13.0. The summed E-state index contributed by atoms with van der Waals surface area (Å²) in [6, 6.07) is 2.01. The van der Waals surface area contributed by atoms with Crippen molar-refractivity contribution in [1.29, 1.82) is 0 Å². The van der Waals surface area contributed by atoms with Crippen LogP contribution in [-0.4, -0.2) is 18.3 Å². The second-order valence-electron chi connectivity index (χ2n) is 4.02. The molecule has 1 unspecified atom stereocenters. The van der Waals surface area contributed by atoms with E-state index < -0.39 is 11.6 Å². The molecule has 1 rings (SSSR count). The maximum absolute atomic E-state index is 13.0. The topological polar surface area (TPSA) is 58.3 Å². The van der Waals surface area contributed by atoms with Crippen molar-refractivity contribution in [1.82, 2.24) is 0 Å². The predicted octanol–water partition coefficient (Wildman–Crippen LogP) is 2.37. The van der Waals surface area contributed by atoms with Crippen molar-refractivity contribution in [3.63, 3.8) is 0 Å². The van der Waals surface area contributed by atoms with Crippen molar-refractivity contribution in [2.75, 3.05) is 24.2 Å². The number of hydrogen-bond donors (Lipinski definition) is 3. The lowest BCUT2D eigenvalue weighted by Crippen LogP contribution is -2.16. The summed E-state index contributed by atoms with van der Waals surface area (Å²) < 4.78 is 25.8. The van der Waals surface area contributed by atoms with E-state index in [1.54, 1.807) is 0 Å². The van der Waals surface area contributed by atoms with Gasteiger partial charge in [-0.1, -0.05) is 13.3 Å². The largest absolute Gasteiger partial charge is 0.397 e. The number of hydrogen-bond acceptors (Lipinski definition) is 3. The summed E-state index contributed by atoms with van der Waals surface area (Å²) in [6.45, 7) is 2.70. The number of rotatable bonds is 6. The molecule has 17 heavy (non-hydrogen) atoms. The molecule has 0 aromatic heterocycles. The Labute approximate surface area is 99.6 Å². The smallest absolute Gasteiger partial charge is 0.161 e. The van der Waals surface area contributed by atoms with Gasteiger partial charge in [-0.25, -0.2) is 8.78 Å². The first-order valence-corrected chi connectivity index (χ1v) is 5.67. The fraction of sp³-hybridized carbons (Fsp3) is 0.500. The number of nitrogens with one attached hydrogen (secondary N) is 1. The van der Waals surface area contributed by atoms with Gasteiger partial charge >= 0.3 is 0 Å². The van der Waals surface area contributed by atoms with Gasteiger partial charge in [0.25, 0.3) is 0 Å². The quantitative estimate of drug-likeness (QED) is 0.673. The highest BCUT2D eigenvalue weighted by Gasteiger charge is 2.10. The van der Waals surface area contributed by atoms with Gasteiger partial charge in [0.2, 0.25) is 0 Å². The van der Waals surface area contributed by atoms with E-state index in [0.29, 0.717) is 18.7 Å². The summed E-state index contributed by atoms with van der Waals surface area (Å²) in [7, 11) is 0. The lowest BCUT2D eigenvalue weighted by atomic mass is 10.0. The Bertz CT molecular complexity index is 372. The molecule has 5 heteroatoms. The molecule has 0 aliphatic heterocycles. The Hall–Kier alpha value is -1.36. The zero-order chi connectivity index (χ0) is 12.8. The Morgan fingerprint density at radius 1 is 1.35 bits per heavy atom. The van der Waals surface area contributed by atoms with E-state index in [9.17, 15) is 8.78 Å². The highest BCUT2D eigenvalue weighted by Crippen LogP contribution is 2.22. The van der Waals surface area contributed by atoms with Gasteiger partial charge in [-0.15, -0.1) is 0 Å². The summed E-state index contributed by atoms with van der Waals surface area (Å²) in [4.78, 5) is 0. The van der Waals surface area contributed by atoms with E-state index in [1.165, 1.54) is 0 Å². The third kappa shape index (κ3) is 3.85. The van der Waals surface area contributed by atoms with E-state index in [1.807, 2.05) is 6.92 Å². The molecule has 96 valence electrons. The normalized spacial score (nSPS) is 12.5. The van der Waals surface area contributed by atoms with E-state index in [-0.39, 0.29) is 18.2 Å². The fourth-order valence-electron chi connectivity index (χ4n) is 1.60. The number of aliphatic hydroxyl groups is 1. The van der Waals surface area contributed by atoms with E-state index in [0.717, 1.165) is 18.6 Å². The minimum atomic E-state index is -0.949. The minimum Gasteiger partial charge on any atom is -0.397 e. The molecule has 3 nitrogen and oxygen atoms in total. The van der Waals surface area contributed by atoms with Crippen LogP contribution in [0.15, 0.2) is 12.1 Å². The highest BCUT2D eigenvalue weighted by atomic mass is 19.2. The molecule has 0 aliphatic rings. The van der Waals surface area contributed by atoms with Crippen molar-refractivity contribution < 1.29 is 13.9 Å². The van der Waals surface area contributed by atoms with Crippen LogP contribution in [0.1, 0.15) is 19.8 Å². The van der Waals surface area contributed by atoms with Crippen LogP contribution in [0.25, 0.3) is 0 Å². The summed E-state index contributed by atoms with van der Waals surface area (Å²) >= 11 is 0. The van der Waals surface area contributed by atoms with Crippen molar-refractivity contribution >= 4 is 11.4 Å². The SMILES string of the molecule is CCC(CCO)CNc1cc(F)c(F)cc1N. The second kappa shape index (κ2) is 6.39. The number of aliphatic hydroxyl groups excluding tert-OH is 1. The lowest BCUT2D eigenvalue weighted by Gasteiger charge is -2.16. The molecule has 1 atom stereocenters. The number of anilines is 2. The summed E-state index contributed by atoms with van der Waals surface area (Å²) in [5.41, 5.74) is 6.15. The maximum Gasteiger partial charge on any atom is 0.161 e. The molecule has 0 radical (unpaired) electrons. The van der Waals surface area contributed by atoms with Crippen molar-refractivity contribution in [3.8, 4) is 0 Å². The Morgan fingerprint density at radius 2 is 2.00 bits per heavy atom. The van der Waals surface area contributed by atoms with Gasteiger partial charge in [0.05, 0.1) is 11.4 Å². The molecule has 0 bridgehead atoms. The van der Waals surface area contributed by atoms with Gasteiger partial charge in [0.15, 0.2) is 11.6 Å². The van der Waals surface area contributed by atoms with Crippen LogP contribution in [-0.2, 0) is 0 Å². The van der Waals surface area contributed by atoms with Crippen molar-refractivity contribution in [2.45, 2.75) is 19.8 Å². The van der Waals surface area contributed by atoms with Gasteiger partial charge < -0.3 is 16.2 Å². The molecule has 0 saturated carbocycles. The van der Waals surface area contributed by atoms with Crippen LogP contribution in [0.5, 0.6) is 0 Å². The molecule has 0 amide bonds. The van der Waals surface area contributed by atoms with Gasteiger partial charge in [-0.2, -0.15) is 0 Å². The monoisotopic (exact) mass is 244 g/mol. The first-order chi connectivity index (χ1) is 8.08. The second-order valence-corrected chi connectivity index (χ2v) is 4.02. The average Bonchev–Trinajstić information content (AvgIpc) is 2.30. The molecule has 0 spiro atoms. The summed E-state index contributed by atoms with van der Waals surface area (Å²) in [6.07, 6.45) is 1.57. The zero-order valence-electron chi connectivity index (χ0n) is 9.84. The minimum absolute atomic E-state index is 0.118. The number of nitrogens with two attached hydrogens (primary N) is 1. The highest BCUT2D eigenvalue weighted by molar-refractivity contribution is 5.66. The van der Waals surface area contributed by atoms with Crippen LogP contribution in [0, 0.1) is 17.6 Å². The molecule has 0 aliphatic carbocycles. The molecule has 1 aromatic rings. The van der Waals surface area contributed by atoms with Crippen LogP contribution in [0.4, 0.5) is 20.2 Å². The predicted molar refractivity (Wildman–Crippen MR) is 64.7 cm³/mol. The van der Waals surface area contributed by atoms with E-state index >= 15 is 0 Å². The first kappa shape index (κ1) is 13.7. The molecule has 0 saturated heterocycles. The summed E-state index contributed by atoms with van der Waals surface area (Å²) in [5.74, 6) is -1.58. The van der Waals surface area contributed by atoms with E-state index in [4.69, 9.17) is 10.8 Å². The zero-order valence-corrected chi connectivity index (χ0v) is 9.84. The fourth-order valence-corrected chi connectivity index (χ4v) is 1.60. The number of nitrogen functional groups attached to an aromatic ring is 1. The van der Waals surface area contributed by atoms with Crippen LogP contribution < -0.4 is 11.1 Å². The number of benzene rings is 1. The Kier molecular flexibility index (Phi) is 5.15. The third-order valence-electron chi connectivity index (χ3n) is 2.79. The van der Waals surface area contributed by atoms with Crippen LogP contribution >= 0.6 is 0 Å². The lowest BCUT2D eigenvalue weighted by molar-refractivity contribution is 0.258. The Morgan fingerprint density at radius 3 is 2.59 bits per heavy atom. The molecule has 4 N–H and O–H groups in total. The van der Waals surface area contributed by atoms with Crippen LogP contribution in [0.2, 0.25) is 0 Å². The van der Waals surface area contributed by atoms with Crippen LogP contribution in [0.3, 0.4) is 0 Å². The van der Waals surface area contributed by atoms with E-state index in [2.05, 4.69) is 5.32 Å². The molecule has 0 fully saturated rings. The van der Waals surface area contributed by atoms with Gasteiger partial charge in [-0.05, 0) is 12.3 Å². The number of halogens is 2. The van der Waals surface area contributed by atoms with Gasteiger partial charge in [0, 0.05) is 25.3 Å².